The van der Waals surface area contributed by atoms with Crippen molar-refractivity contribution in [2.75, 3.05) is 0 Å². The molecule has 2 saturated carbocycles. The van der Waals surface area contributed by atoms with Gasteiger partial charge in [-0.05, 0) is 79.9 Å². The number of rotatable bonds is 6. The first-order chi connectivity index (χ1) is 16.6. The third-order valence-corrected chi connectivity index (χ3v) is 7.94. The Morgan fingerprint density at radius 3 is 1.69 bits per heavy atom. The van der Waals surface area contributed by atoms with Crippen LogP contribution in [0, 0.1) is 46.8 Å². The van der Waals surface area contributed by atoms with E-state index in [9.17, 15) is 30.7 Å². The summed E-state index contributed by atoms with van der Waals surface area (Å²) in [5.41, 5.74) is -1.35. The van der Waals surface area contributed by atoms with E-state index >= 15 is 0 Å². The Bertz CT molecular complexity index is 992. The molecule has 8 heteroatoms. The standard InChI is InChI=1S/C27H29F7O/c1-2-15-3-5-16(6-4-15)17-7-9-18(10-8-17)19-11-21(28)25(22(29)12-19)27(33,34)35-20-13-23(30)26(32)24(31)14-20/h11-18H,2-10H2,1H3. The van der Waals surface area contributed by atoms with Crippen LogP contribution in [0.25, 0.3) is 0 Å². The Morgan fingerprint density at radius 2 is 1.20 bits per heavy atom. The summed E-state index contributed by atoms with van der Waals surface area (Å²) in [6.45, 7) is 2.23. The first-order valence-corrected chi connectivity index (χ1v) is 12.3. The lowest BCUT2D eigenvalue weighted by atomic mass is 9.68. The maximum Gasteiger partial charge on any atom is 0.432 e. The number of benzene rings is 2. The minimum Gasteiger partial charge on any atom is -0.429 e. The highest BCUT2D eigenvalue weighted by molar-refractivity contribution is 5.33. The van der Waals surface area contributed by atoms with E-state index in [2.05, 4.69) is 11.7 Å². The van der Waals surface area contributed by atoms with Gasteiger partial charge in [0.2, 0.25) is 0 Å². The molecule has 0 bridgehead atoms. The third-order valence-electron chi connectivity index (χ3n) is 7.94. The number of hydrogen-bond acceptors (Lipinski definition) is 1. The predicted molar refractivity (Wildman–Crippen MR) is 118 cm³/mol. The van der Waals surface area contributed by atoms with Crippen molar-refractivity contribution in [2.45, 2.75) is 76.7 Å². The normalized spacial score (nSPS) is 25.5. The van der Waals surface area contributed by atoms with Gasteiger partial charge in [0.25, 0.3) is 0 Å². The zero-order chi connectivity index (χ0) is 25.3. The molecule has 0 amide bonds. The van der Waals surface area contributed by atoms with Crippen LogP contribution in [0.1, 0.15) is 81.8 Å². The minimum absolute atomic E-state index is 0.133. The third kappa shape index (κ3) is 5.61. The van der Waals surface area contributed by atoms with E-state index in [0.717, 1.165) is 43.7 Å². The van der Waals surface area contributed by atoms with E-state index < -0.39 is 46.5 Å². The van der Waals surface area contributed by atoms with E-state index in [-0.39, 0.29) is 18.1 Å². The minimum atomic E-state index is -4.57. The zero-order valence-electron chi connectivity index (χ0n) is 19.5. The summed E-state index contributed by atoms with van der Waals surface area (Å²) in [5, 5.41) is 0. The van der Waals surface area contributed by atoms with E-state index in [4.69, 9.17) is 0 Å². The molecule has 0 unspecified atom stereocenters. The zero-order valence-corrected chi connectivity index (χ0v) is 19.5. The molecule has 0 spiro atoms. The average molecular weight is 503 g/mol. The molecular weight excluding hydrogens is 473 g/mol. The molecule has 0 radical (unpaired) electrons. The van der Waals surface area contributed by atoms with Crippen molar-refractivity contribution in [1.82, 2.24) is 0 Å². The average Bonchev–Trinajstić information content (AvgIpc) is 2.81. The largest absolute Gasteiger partial charge is 0.432 e. The molecule has 0 aliphatic heterocycles. The summed E-state index contributed by atoms with van der Waals surface area (Å²) in [6, 6.07) is 2.14. The summed E-state index contributed by atoms with van der Waals surface area (Å²) < 4.78 is 102. The molecule has 2 aromatic carbocycles. The van der Waals surface area contributed by atoms with Gasteiger partial charge in [0.1, 0.15) is 22.9 Å². The highest BCUT2D eigenvalue weighted by atomic mass is 19.3. The fourth-order valence-corrected chi connectivity index (χ4v) is 5.89. The molecule has 0 aromatic heterocycles. The topological polar surface area (TPSA) is 9.23 Å². The van der Waals surface area contributed by atoms with Gasteiger partial charge in [0.05, 0.1) is 0 Å². The molecule has 0 saturated heterocycles. The van der Waals surface area contributed by atoms with Crippen molar-refractivity contribution in [2.24, 2.45) is 17.8 Å². The quantitative estimate of drug-likeness (QED) is 0.283. The number of ether oxygens (including phenoxy) is 1. The second kappa shape index (κ2) is 10.4. The number of alkyl halides is 2. The molecule has 2 fully saturated rings. The lowest BCUT2D eigenvalue weighted by molar-refractivity contribution is -0.189. The highest BCUT2D eigenvalue weighted by Gasteiger charge is 2.42. The van der Waals surface area contributed by atoms with Crippen LogP contribution in [0.3, 0.4) is 0 Å². The Morgan fingerprint density at radius 1 is 0.714 bits per heavy atom. The lowest BCUT2D eigenvalue weighted by Gasteiger charge is -2.38. The van der Waals surface area contributed by atoms with Crippen LogP contribution in [0.4, 0.5) is 30.7 Å². The van der Waals surface area contributed by atoms with Gasteiger partial charge >= 0.3 is 6.11 Å². The predicted octanol–water partition coefficient (Wildman–Crippen LogP) is 9.00. The van der Waals surface area contributed by atoms with E-state index in [0.29, 0.717) is 17.4 Å². The molecule has 0 heterocycles. The van der Waals surface area contributed by atoms with Gasteiger partial charge < -0.3 is 4.74 Å². The number of halogens is 7. The lowest BCUT2D eigenvalue weighted by Crippen LogP contribution is -2.27. The summed E-state index contributed by atoms with van der Waals surface area (Å²) >= 11 is 0. The molecule has 2 aromatic rings. The van der Waals surface area contributed by atoms with Crippen molar-refractivity contribution in [3.8, 4) is 5.75 Å². The van der Waals surface area contributed by atoms with Gasteiger partial charge in [-0.15, -0.1) is 0 Å². The van der Waals surface area contributed by atoms with Crippen LogP contribution < -0.4 is 4.74 Å². The van der Waals surface area contributed by atoms with Gasteiger partial charge in [-0.25, -0.2) is 22.0 Å². The van der Waals surface area contributed by atoms with Crippen molar-refractivity contribution in [3.05, 3.63) is 64.5 Å². The molecule has 0 atom stereocenters. The van der Waals surface area contributed by atoms with Crippen LogP contribution in [-0.4, -0.2) is 0 Å². The van der Waals surface area contributed by atoms with Crippen LogP contribution in [0.5, 0.6) is 5.75 Å². The van der Waals surface area contributed by atoms with Gasteiger partial charge in [-0.2, -0.15) is 8.78 Å². The van der Waals surface area contributed by atoms with Crippen molar-refractivity contribution >= 4 is 0 Å². The number of hydrogen-bond donors (Lipinski definition) is 0. The first kappa shape index (κ1) is 25.8. The van der Waals surface area contributed by atoms with E-state index in [1.807, 2.05) is 0 Å². The van der Waals surface area contributed by atoms with Gasteiger partial charge in [-0.3, -0.25) is 0 Å². The molecule has 1 nitrogen and oxygen atoms in total. The summed E-state index contributed by atoms with van der Waals surface area (Å²) in [5.74, 6) is -7.55. The SMILES string of the molecule is CCC1CCC(C2CCC(c3cc(F)c(C(F)(F)Oc4cc(F)c(F)c(F)c4)c(F)c3)CC2)CC1. The second-order valence-electron chi connectivity index (χ2n) is 9.98. The second-order valence-corrected chi connectivity index (χ2v) is 9.98. The van der Waals surface area contributed by atoms with Gasteiger partial charge in [0.15, 0.2) is 17.5 Å². The van der Waals surface area contributed by atoms with Crippen molar-refractivity contribution in [3.63, 3.8) is 0 Å². The fraction of sp³-hybridized carbons (Fsp3) is 0.556. The summed E-state index contributed by atoms with van der Waals surface area (Å²) in [6.07, 6.45) is 4.96. The van der Waals surface area contributed by atoms with Crippen LogP contribution in [0.2, 0.25) is 0 Å². The Labute approximate surface area is 200 Å². The van der Waals surface area contributed by atoms with Gasteiger partial charge in [-0.1, -0.05) is 26.2 Å². The van der Waals surface area contributed by atoms with E-state index in [1.165, 1.54) is 32.1 Å². The van der Waals surface area contributed by atoms with Crippen LogP contribution >= 0.6 is 0 Å². The summed E-state index contributed by atoms with van der Waals surface area (Å²) in [4.78, 5) is 0. The molecule has 35 heavy (non-hydrogen) atoms. The molecule has 2 aliphatic carbocycles. The van der Waals surface area contributed by atoms with Crippen LogP contribution in [0.15, 0.2) is 24.3 Å². The smallest absolute Gasteiger partial charge is 0.429 e. The van der Waals surface area contributed by atoms with Crippen molar-refractivity contribution in [1.29, 1.82) is 0 Å². The van der Waals surface area contributed by atoms with Gasteiger partial charge in [0, 0.05) is 12.1 Å². The van der Waals surface area contributed by atoms with Crippen molar-refractivity contribution < 1.29 is 35.5 Å². The Kier molecular flexibility index (Phi) is 7.67. The highest BCUT2D eigenvalue weighted by Crippen LogP contribution is 2.45. The Balaban J connectivity index is 1.44. The molecule has 192 valence electrons. The molecule has 4 rings (SSSR count). The first-order valence-electron chi connectivity index (χ1n) is 12.3. The molecule has 2 aliphatic rings. The molecular formula is C27H29F7O. The van der Waals surface area contributed by atoms with Crippen LogP contribution in [-0.2, 0) is 6.11 Å². The fourth-order valence-electron chi connectivity index (χ4n) is 5.89. The maximum absolute atomic E-state index is 14.7. The monoisotopic (exact) mass is 502 g/mol. The van der Waals surface area contributed by atoms with E-state index in [1.54, 1.807) is 0 Å². The Hall–Kier alpha value is -2.25. The molecule has 0 N–H and O–H groups in total. The summed E-state index contributed by atoms with van der Waals surface area (Å²) in [7, 11) is 0. The maximum atomic E-state index is 14.7.